The van der Waals surface area contributed by atoms with E-state index in [1.807, 2.05) is 31.2 Å². The lowest BCUT2D eigenvalue weighted by molar-refractivity contribution is 0.340. The summed E-state index contributed by atoms with van der Waals surface area (Å²) in [5.74, 6) is 1.28. The number of fused-ring (bicyclic) bond motifs is 1. The van der Waals surface area contributed by atoms with Gasteiger partial charge in [0.05, 0.1) is 11.1 Å². The average Bonchev–Trinajstić information content (AvgIpc) is 3.18. The second-order valence-electron chi connectivity index (χ2n) is 5.67. The van der Waals surface area contributed by atoms with Gasteiger partial charge >= 0.3 is 0 Å². The zero-order chi connectivity index (χ0) is 19.0. The van der Waals surface area contributed by atoms with Gasteiger partial charge in [-0.25, -0.2) is 0 Å². The molecule has 0 saturated heterocycles. The molecule has 2 aromatic heterocycles. The van der Waals surface area contributed by atoms with E-state index < -0.39 is 0 Å². The van der Waals surface area contributed by atoms with Crippen LogP contribution in [0.2, 0.25) is 10.0 Å². The van der Waals surface area contributed by atoms with Crippen LogP contribution in [0.15, 0.2) is 47.3 Å². The van der Waals surface area contributed by atoms with Gasteiger partial charge in [-0.05, 0) is 55.0 Å². The van der Waals surface area contributed by atoms with Crippen molar-refractivity contribution in [2.75, 3.05) is 6.61 Å². The van der Waals surface area contributed by atoms with Crippen molar-refractivity contribution in [3.05, 3.63) is 73.0 Å². The van der Waals surface area contributed by atoms with Crippen molar-refractivity contribution in [3.8, 4) is 17.1 Å². The minimum atomic E-state index is -0.231. The molecular formula is C19H13Cl2N3O2S. The van der Waals surface area contributed by atoms with E-state index in [-0.39, 0.29) is 5.56 Å². The van der Waals surface area contributed by atoms with Crippen molar-refractivity contribution >= 4 is 45.6 Å². The van der Waals surface area contributed by atoms with E-state index in [9.17, 15) is 4.79 Å². The van der Waals surface area contributed by atoms with Crippen molar-refractivity contribution < 1.29 is 4.74 Å². The SMILES string of the molecule is CCOc1ccc(-c2nc3sc(=Cc4ccc(Cl)cc4Cl)c(=O)n3n2)cc1. The van der Waals surface area contributed by atoms with Crippen LogP contribution in [0.5, 0.6) is 5.75 Å². The molecule has 2 heterocycles. The number of hydrogen-bond acceptors (Lipinski definition) is 5. The maximum atomic E-state index is 12.6. The van der Waals surface area contributed by atoms with Crippen LogP contribution in [0.3, 0.4) is 0 Å². The molecule has 0 aliphatic carbocycles. The lowest BCUT2D eigenvalue weighted by Crippen LogP contribution is -2.23. The van der Waals surface area contributed by atoms with Crippen LogP contribution in [-0.2, 0) is 0 Å². The van der Waals surface area contributed by atoms with Crippen LogP contribution in [0.1, 0.15) is 12.5 Å². The smallest absolute Gasteiger partial charge is 0.291 e. The van der Waals surface area contributed by atoms with Crippen molar-refractivity contribution in [3.63, 3.8) is 0 Å². The predicted octanol–water partition coefficient (Wildman–Crippen LogP) is 4.07. The fourth-order valence-corrected chi connectivity index (χ4v) is 3.94. The van der Waals surface area contributed by atoms with Gasteiger partial charge in [0.2, 0.25) is 4.96 Å². The molecule has 0 N–H and O–H groups in total. The number of halogens is 2. The third-order valence-corrected chi connectivity index (χ3v) is 5.38. The van der Waals surface area contributed by atoms with Gasteiger partial charge in [0.25, 0.3) is 5.56 Å². The molecule has 0 radical (unpaired) electrons. The van der Waals surface area contributed by atoms with E-state index in [0.29, 0.717) is 32.0 Å². The quantitative estimate of drug-likeness (QED) is 0.502. The van der Waals surface area contributed by atoms with E-state index in [1.54, 1.807) is 24.3 Å². The molecule has 136 valence electrons. The Morgan fingerprint density at radius 3 is 2.63 bits per heavy atom. The summed E-state index contributed by atoms with van der Waals surface area (Å²) in [6.07, 6.45) is 1.72. The molecule has 0 atom stereocenters. The third-order valence-electron chi connectivity index (χ3n) is 3.85. The van der Waals surface area contributed by atoms with E-state index in [2.05, 4.69) is 10.1 Å². The minimum absolute atomic E-state index is 0.231. The fraction of sp³-hybridized carbons (Fsp3) is 0.105. The highest BCUT2D eigenvalue weighted by molar-refractivity contribution is 7.15. The fourth-order valence-electron chi connectivity index (χ4n) is 2.58. The van der Waals surface area contributed by atoms with Crippen LogP contribution in [-0.4, -0.2) is 21.2 Å². The van der Waals surface area contributed by atoms with E-state index in [1.165, 1.54) is 15.9 Å². The topological polar surface area (TPSA) is 56.5 Å². The van der Waals surface area contributed by atoms with Crippen molar-refractivity contribution in [2.45, 2.75) is 6.92 Å². The van der Waals surface area contributed by atoms with Gasteiger partial charge in [0.15, 0.2) is 5.82 Å². The summed E-state index contributed by atoms with van der Waals surface area (Å²) in [5, 5.41) is 5.37. The van der Waals surface area contributed by atoms with Gasteiger partial charge in [0.1, 0.15) is 5.75 Å². The molecule has 0 aliphatic heterocycles. The number of rotatable bonds is 4. The summed E-state index contributed by atoms with van der Waals surface area (Å²) in [4.78, 5) is 17.6. The van der Waals surface area contributed by atoms with Crippen LogP contribution >= 0.6 is 34.5 Å². The van der Waals surface area contributed by atoms with Crippen molar-refractivity contribution in [1.82, 2.24) is 14.6 Å². The maximum absolute atomic E-state index is 12.6. The molecule has 0 spiro atoms. The Hall–Kier alpha value is -2.41. The first kappa shape index (κ1) is 18.0. The second kappa shape index (κ2) is 7.31. The Bertz CT molecular complexity index is 1230. The number of nitrogens with zero attached hydrogens (tertiary/aromatic N) is 3. The highest BCUT2D eigenvalue weighted by Gasteiger charge is 2.12. The third kappa shape index (κ3) is 3.56. The van der Waals surface area contributed by atoms with Gasteiger partial charge in [-0.1, -0.05) is 40.6 Å². The molecule has 0 bridgehead atoms. The Morgan fingerprint density at radius 2 is 1.96 bits per heavy atom. The number of aromatic nitrogens is 3. The zero-order valence-electron chi connectivity index (χ0n) is 14.1. The molecule has 5 nitrogen and oxygen atoms in total. The lowest BCUT2D eigenvalue weighted by Gasteiger charge is -2.02. The van der Waals surface area contributed by atoms with Crippen LogP contribution in [0.4, 0.5) is 0 Å². The molecule has 0 fully saturated rings. The Labute approximate surface area is 168 Å². The van der Waals surface area contributed by atoms with Gasteiger partial charge in [0, 0.05) is 15.6 Å². The molecule has 8 heteroatoms. The molecule has 0 amide bonds. The molecule has 4 aromatic rings. The van der Waals surface area contributed by atoms with Gasteiger partial charge < -0.3 is 4.74 Å². The summed E-state index contributed by atoms with van der Waals surface area (Å²) in [7, 11) is 0. The molecule has 4 rings (SSSR count). The van der Waals surface area contributed by atoms with Gasteiger partial charge in [-0.2, -0.15) is 9.50 Å². The largest absolute Gasteiger partial charge is 0.494 e. The minimum Gasteiger partial charge on any atom is -0.494 e. The molecule has 2 aromatic carbocycles. The Kier molecular flexibility index (Phi) is 4.86. The Morgan fingerprint density at radius 1 is 1.19 bits per heavy atom. The van der Waals surface area contributed by atoms with Crippen LogP contribution in [0.25, 0.3) is 22.4 Å². The normalized spacial score (nSPS) is 12.0. The number of ether oxygens (including phenoxy) is 1. The monoisotopic (exact) mass is 417 g/mol. The van der Waals surface area contributed by atoms with E-state index in [4.69, 9.17) is 27.9 Å². The summed E-state index contributed by atoms with van der Waals surface area (Å²) >= 11 is 13.4. The summed E-state index contributed by atoms with van der Waals surface area (Å²) < 4.78 is 7.25. The Balaban J connectivity index is 1.73. The predicted molar refractivity (Wildman–Crippen MR) is 109 cm³/mol. The average molecular weight is 418 g/mol. The first-order valence-corrected chi connectivity index (χ1v) is 9.72. The number of hydrogen-bond donors (Lipinski definition) is 0. The van der Waals surface area contributed by atoms with Gasteiger partial charge in [-0.3, -0.25) is 4.79 Å². The molecular weight excluding hydrogens is 405 g/mol. The van der Waals surface area contributed by atoms with Crippen LogP contribution < -0.4 is 14.8 Å². The van der Waals surface area contributed by atoms with Gasteiger partial charge in [-0.15, -0.1) is 5.10 Å². The highest BCUT2D eigenvalue weighted by Crippen LogP contribution is 2.22. The summed E-state index contributed by atoms with van der Waals surface area (Å²) in [6, 6.07) is 12.6. The second-order valence-corrected chi connectivity index (χ2v) is 7.52. The summed E-state index contributed by atoms with van der Waals surface area (Å²) in [6.45, 7) is 2.54. The molecule has 0 aliphatic rings. The first-order chi connectivity index (χ1) is 13.0. The van der Waals surface area contributed by atoms with E-state index >= 15 is 0 Å². The lowest BCUT2D eigenvalue weighted by atomic mass is 10.2. The maximum Gasteiger partial charge on any atom is 0.291 e. The highest BCUT2D eigenvalue weighted by atomic mass is 35.5. The zero-order valence-corrected chi connectivity index (χ0v) is 16.5. The molecule has 0 unspecified atom stereocenters. The first-order valence-electron chi connectivity index (χ1n) is 8.15. The standard InChI is InChI=1S/C19H13Cl2N3O2S/c1-2-26-14-7-4-11(5-8-14)17-22-19-24(23-17)18(25)16(27-19)9-12-3-6-13(20)10-15(12)21/h3-10H,2H2,1H3. The number of benzene rings is 2. The molecule has 0 saturated carbocycles. The summed E-state index contributed by atoms with van der Waals surface area (Å²) in [5.41, 5.74) is 1.31. The van der Waals surface area contributed by atoms with Crippen molar-refractivity contribution in [1.29, 1.82) is 0 Å². The van der Waals surface area contributed by atoms with Crippen molar-refractivity contribution in [2.24, 2.45) is 0 Å². The van der Waals surface area contributed by atoms with E-state index in [0.717, 1.165) is 16.9 Å². The van der Waals surface area contributed by atoms with Crippen LogP contribution in [0, 0.1) is 0 Å². The number of thiazole rings is 1. The molecule has 27 heavy (non-hydrogen) atoms.